The molecule has 9 nitrogen and oxygen atoms in total. The SMILES string of the molecule is C=C[C@@]1(C)CC(=O)[C@]2(O)[C@@]3(C)[C@@H](O)CCC(C)(C)[C@@H]3[C@H](OC(=O)C=CC)[C@H](OC(=O)OCC)[C@@]2(C)O1. The Morgan fingerprint density at radius 1 is 1.19 bits per heavy atom. The summed E-state index contributed by atoms with van der Waals surface area (Å²) in [6.07, 6.45) is 0.00803. The van der Waals surface area contributed by atoms with Crippen LogP contribution in [0.5, 0.6) is 0 Å². The van der Waals surface area contributed by atoms with Gasteiger partial charge in [0.25, 0.3) is 0 Å². The third-order valence-electron chi connectivity index (χ3n) is 8.74. The third-order valence-corrected chi connectivity index (χ3v) is 8.74. The number of carbonyl (C=O) groups excluding carboxylic acids is 3. The number of hydrogen-bond acceptors (Lipinski definition) is 9. The Morgan fingerprint density at radius 3 is 2.39 bits per heavy atom. The highest BCUT2D eigenvalue weighted by Crippen LogP contribution is 2.67. The van der Waals surface area contributed by atoms with Gasteiger partial charge in [0.05, 0.1) is 18.3 Å². The number of aliphatic hydroxyl groups is 2. The van der Waals surface area contributed by atoms with Gasteiger partial charge in [-0.25, -0.2) is 9.59 Å². The van der Waals surface area contributed by atoms with E-state index in [0.29, 0.717) is 12.8 Å². The van der Waals surface area contributed by atoms with Crippen LogP contribution in [0.3, 0.4) is 0 Å². The summed E-state index contributed by atoms with van der Waals surface area (Å²) in [6.45, 7) is 15.7. The number of esters is 1. The van der Waals surface area contributed by atoms with Crippen molar-refractivity contribution in [3.05, 3.63) is 24.8 Å². The first kappa shape index (κ1) is 28.3. The number of hydrogen-bond donors (Lipinski definition) is 2. The molecular weight excluding hydrogens is 468 g/mol. The minimum atomic E-state index is -2.30. The first-order chi connectivity index (χ1) is 16.6. The minimum absolute atomic E-state index is 0.0189. The Kier molecular flexibility index (Phi) is 7.29. The number of aliphatic hydroxyl groups excluding tert-OH is 1. The molecule has 1 aliphatic heterocycles. The molecule has 2 saturated carbocycles. The second-order valence-electron chi connectivity index (χ2n) is 11.5. The van der Waals surface area contributed by atoms with Crippen LogP contribution in [0, 0.1) is 16.7 Å². The van der Waals surface area contributed by atoms with Crippen molar-refractivity contribution >= 4 is 17.9 Å². The minimum Gasteiger partial charge on any atom is -0.455 e. The van der Waals surface area contributed by atoms with Crippen LogP contribution < -0.4 is 0 Å². The quantitative estimate of drug-likeness (QED) is 0.327. The fraction of sp³-hybridized carbons (Fsp3) is 0.741. The van der Waals surface area contributed by atoms with Crippen LogP contribution in [0.2, 0.25) is 0 Å². The van der Waals surface area contributed by atoms with E-state index in [1.54, 1.807) is 27.7 Å². The van der Waals surface area contributed by atoms with Crippen molar-refractivity contribution in [3.63, 3.8) is 0 Å². The molecule has 0 radical (unpaired) electrons. The molecule has 0 aromatic carbocycles. The number of carbonyl (C=O) groups is 3. The maximum atomic E-state index is 14.0. The van der Waals surface area contributed by atoms with E-state index in [1.807, 2.05) is 13.8 Å². The van der Waals surface area contributed by atoms with Gasteiger partial charge in [0.2, 0.25) is 0 Å². The molecule has 0 bridgehead atoms. The van der Waals surface area contributed by atoms with Crippen molar-refractivity contribution in [1.29, 1.82) is 0 Å². The average Bonchev–Trinajstić information content (AvgIpc) is 2.77. The molecule has 0 amide bonds. The Morgan fingerprint density at radius 2 is 1.83 bits per heavy atom. The molecule has 0 aromatic rings. The lowest BCUT2D eigenvalue weighted by molar-refractivity contribution is -0.370. The van der Waals surface area contributed by atoms with E-state index in [2.05, 4.69) is 6.58 Å². The van der Waals surface area contributed by atoms with E-state index >= 15 is 0 Å². The summed E-state index contributed by atoms with van der Waals surface area (Å²) in [5.41, 5.74) is -7.60. The van der Waals surface area contributed by atoms with Crippen LogP contribution >= 0.6 is 0 Å². The summed E-state index contributed by atoms with van der Waals surface area (Å²) >= 11 is 0. The van der Waals surface area contributed by atoms with E-state index in [1.165, 1.54) is 25.2 Å². The predicted octanol–water partition coefficient (Wildman–Crippen LogP) is 3.26. The van der Waals surface area contributed by atoms with E-state index in [0.717, 1.165) is 0 Å². The largest absolute Gasteiger partial charge is 0.508 e. The van der Waals surface area contributed by atoms with E-state index in [-0.39, 0.29) is 13.0 Å². The summed E-state index contributed by atoms with van der Waals surface area (Å²) < 4.78 is 23.2. The molecule has 3 aliphatic rings. The Labute approximate surface area is 212 Å². The van der Waals surface area contributed by atoms with Crippen LogP contribution in [-0.2, 0) is 28.5 Å². The molecule has 8 atom stereocenters. The first-order valence-corrected chi connectivity index (χ1v) is 12.5. The standard InChI is InChI=1S/C27H40O9/c1-9-12-18(30)34-19-20-23(4,5)14-13-16(28)25(20,7)27(32)17(29)15-24(6,10-2)36-26(27,8)21(19)35-22(31)33-11-3/h9-10,12,16,19-21,28,32H,2,11,13-15H2,1,3-8H3/t16-,19-,20-,21-,24-,25-,26+,27-/m0/s1. The predicted molar refractivity (Wildman–Crippen MR) is 130 cm³/mol. The van der Waals surface area contributed by atoms with Gasteiger partial charge in [-0.1, -0.05) is 32.9 Å². The second kappa shape index (κ2) is 9.26. The monoisotopic (exact) mass is 508 g/mol. The van der Waals surface area contributed by atoms with Crippen LogP contribution in [0.4, 0.5) is 4.79 Å². The highest BCUT2D eigenvalue weighted by molar-refractivity contribution is 5.92. The van der Waals surface area contributed by atoms with Gasteiger partial charge in [0, 0.05) is 23.8 Å². The van der Waals surface area contributed by atoms with Crippen molar-refractivity contribution in [2.24, 2.45) is 16.7 Å². The van der Waals surface area contributed by atoms with Gasteiger partial charge in [-0.15, -0.1) is 6.58 Å². The molecule has 1 saturated heterocycles. The molecule has 3 fully saturated rings. The molecule has 36 heavy (non-hydrogen) atoms. The zero-order valence-corrected chi connectivity index (χ0v) is 22.3. The van der Waals surface area contributed by atoms with Gasteiger partial charge in [-0.05, 0) is 46.0 Å². The van der Waals surface area contributed by atoms with Gasteiger partial charge in [-0.2, -0.15) is 0 Å². The topological polar surface area (TPSA) is 129 Å². The van der Waals surface area contributed by atoms with E-state index < -0.39 is 69.8 Å². The highest BCUT2D eigenvalue weighted by Gasteiger charge is 2.82. The maximum absolute atomic E-state index is 14.0. The first-order valence-electron chi connectivity index (χ1n) is 12.5. The lowest BCUT2D eigenvalue weighted by atomic mass is 9.39. The smallest absolute Gasteiger partial charge is 0.455 e. The Bertz CT molecular complexity index is 957. The van der Waals surface area contributed by atoms with E-state index in [4.69, 9.17) is 18.9 Å². The molecule has 0 spiro atoms. The number of Topliss-reactive ketones (excluding diaryl/α,β-unsaturated/α-hetero) is 1. The molecule has 0 aromatic heterocycles. The van der Waals surface area contributed by atoms with Crippen molar-refractivity contribution in [2.75, 3.05) is 6.61 Å². The van der Waals surface area contributed by atoms with Crippen molar-refractivity contribution in [2.45, 2.75) is 103 Å². The summed E-state index contributed by atoms with van der Waals surface area (Å²) in [4.78, 5) is 39.4. The molecule has 3 rings (SSSR count). The molecule has 2 N–H and O–H groups in total. The summed E-state index contributed by atoms with van der Waals surface area (Å²) in [5, 5.41) is 24.0. The maximum Gasteiger partial charge on any atom is 0.508 e. The van der Waals surface area contributed by atoms with Crippen LogP contribution in [0.25, 0.3) is 0 Å². The number of ether oxygens (including phenoxy) is 4. The lowest BCUT2D eigenvalue weighted by Crippen LogP contribution is -2.87. The van der Waals surface area contributed by atoms with Gasteiger partial charge >= 0.3 is 12.1 Å². The fourth-order valence-electron chi connectivity index (χ4n) is 7.13. The van der Waals surface area contributed by atoms with Crippen molar-refractivity contribution < 1.29 is 43.5 Å². The molecule has 202 valence electrons. The van der Waals surface area contributed by atoms with Crippen molar-refractivity contribution in [1.82, 2.24) is 0 Å². The lowest BCUT2D eigenvalue weighted by Gasteiger charge is -2.71. The van der Waals surface area contributed by atoms with Gasteiger partial charge < -0.3 is 29.2 Å². The molecule has 2 aliphatic carbocycles. The molecule has 0 unspecified atom stereocenters. The third kappa shape index (κ3) is 3.90. The number of ketones is 1. The fourth-order valence-corrected chi connectivity index (χ4v) is 7.13. The second-order valence-corrected chi connectivity index (χ2v) is 11.5. The highest BCUT2D eigenvalue weighted by atomic mass is 16.7. The van der Waals surface area contributed by atoms with Crippen molar-refractivity contribution in [3.8, 4) is 0 Å². The summed E-state index contributed by atoms with van der Waals surface area (Å²) in [5.74, 6) is -2.06. The normalized spacial score (nSPS) is 43.8. The molecule has 9 heteroatoms. The van der Waals surface area contributed by atoms with Gasteiger partial charge in [0.15, 0.2) is 17.5 Å². The van der Waals surface area contributed by atoms with E-state index in [9.17, 15) is 24.6 Å². The Balaban J connectivity index is 2.36. The Hall–Kier alpha value is -2.23. The number of rotatable bonds is 5. The zero-order valence-electron chi connectivity index (χ0n) is 22.3. The van der Waals surface area contributed by atoms with Crippen LogP contribution in [0.1, 0.15) is 67.7 Å². The van der Waals surface area contributed by atoms with Gasteiger partial charge in [0.1, 0.15) is 11.7 Å². The average molecular weight is 509 g/mol. The summed E-state index contributed by atoms with van der Waals surface area (Å²) in [6, 6.07) is 0. The summed E-state index contributed by atoms with van der Waals surface area (Å²) in [7, 11) is 0. The van der Waals surface area contributed by atoms with Gasteiger partial charge in [-0.3, -0.25) is 4.79 Å². The number of fused-ring (bicyclic) bond motifs is 3. The van der Waals surface area contributed by atoms with Crippen LogP contribution in [-0.4, -0.2) is 69.8 Å². The molecule has 1 heterocycles. The zero-order chi connectivity index (χ0) is 27.3. The number of allylic oxidation sites excluding steroid dienone is 1. The molecular formula is C27H40O9. The van der Waals surface area contributed by atoms with Crippen LogP contribution in [0.15, 0.2) is 24.8 Å².